The third-order valence-electron chi connectivity index (χ3n) is 6.00. The highest BCUT2D eigenvalue weighted by Gasteiger charge is 2.49. The van der Waals surface area contributed by atoms with Gasteiger partial charge in [-0.15, -0.1) is 0 Å². The fourth-order valence-electron chi connectivity index (χ4n) is 4.61. The van der Waals surface area contributed by atoms with Gasteiger partial charge in [-0.25, -0.2) is 4.39 Å². The number of likely N-dealkylation sites (tertiary alicyclic amines) is 1. The van der Waals surface area contributed by atoms with E-state index in [1.165, 1.54) is 19.2 Å². The molecule has 6 heteroatoms. The molecule has 1 atom stereocenters. The number of methoxy groups -OCH3 is 1. The van der Waals surface area contributed by atoms with E-state index in [0.29, 0.717) is 19.4 Å². The highest BCUT2D eigenvalue weighted by molar-refractivity contribution is 5.89. The Hall–Kier alpha value is -1.95. The Kier molecular flexibility index (Phi) is 5.32. The number of nitrogens with zero attached hydrogens (tertiary/aromatic N) is 1. The number of halogens is 1. The van der Waals surface area contributed by atoms with Crippen molar-refractivity contribution in [3.63, 3.8) is 0 Å². The SMILES string of the molecule is COCC1(C(=O)O)CCCN(C(=O)C2(c3ccc(F)cc3)CCCC2)C1. The number of amides is 1. The van der Waals surface area contributed by atoms with Crippen molar-refractivity contribution in [3.8, 4) is 0 Å². The van der Waals surface area contributed by atoms with E-state index in [-0.39, 0.29) is 24.9 Å². The Labute approximate surface area is 153 Å². The van der Waals surface area contributed by atoms with E-state index in [2.05, 4.69) is 0 Å². The van der Waals surface area contributed by atoms with Gasteiger partial charge in [0.2, 0.25) is 5.91 Å². The Morgan fingerprint density at radius 1 is 1.15 bits per heavy atom. The number of carbonyl (C=O) groups is 2. The summed E-state index contributed by atoms with van der Waals surface area (Å²) in [5.41, 5.74) is -0.882. The lowest BCUT2D eigenvalue weighted by atomic mass is 9.75. The predicted octanol–water partition coefficient (Wildman–Crippen LogP) is 2.98. The molecule has 1 aliphatic carbocycles. The van der Waals surface area contributed by atoms with Crippen molar-refractivity contribution in [2.24, 2.45) is 5.41 Å². The first kappa shape index (κ1) is 18.8. The standard InChI is InChI=1S/C20H26FNO4/c1-26-14-19(18(24)25)9-4-12-22(13-19)17(23)20(10-2-3-11-20)15-5-7-16(21)8-6-15/h5-8H,2-4,9-14H2,1H3,(H,24,25). The van der Waals surface area contributed by atoms with Gasteiger partial charge >= 0.3 is 5.97 Å². The maximum absolute atomic E-state index is 13.5. The molecule has 0 aromatic heterocycles. The number of carboxylic acid groups (broad SMARTS) is 1. The molecule has 0 radical (unpaired) electrons. The van der Waals surface area contributed by atoms with Gasteiger partial charge in [0.15, 0.2) is 0 Å². The first-order valence-electron chi connectivity index (χ1n) is 9.21. The van der Waals surface area contributed by atoms with Gasteiger partial charge in [0.25, 0.3) is 0 Å². The van der Waals surface area contributed by atoms with Gasteiger partial charge in [-0.05, 0) is 43.4 Å². The summed E-state index contributed by atoms with van der Waals surface area (Å²) < 4.78 is 18.5. The molecule has 0 spiro atoms. The molecule has 5 nitrogen and oxygen atoms in total. The summed E-state index contributed by atoms with van der Waals surface area (Å²) in [4.78, 5) is 27.1. The van der Waals surface area contributed by atoms with Crippen LogP contribution in [0.25, 0.3) is 0 Å². The molecule has 1 aliphatic heterocycles. The third kappa shape index (κ3) is 3.22. The molecule has 1 aromatic rings. The molecule has 26 heavy (non-hydrogen) atoms. The van der Waals surface area contributed by atoms with E-state index in [1.807, 2.05) is 0 Å². The van der Waals surface area contributed by atoms with Crippen LogP contribution in [-0.4, -0.2) is 48.7 Å². The lowest BCUT2D eigenvalue weighted by molar-refractivity contribution is -0.160. The highest BCUT2D eigenvalue weighted by atomic mass is 19.1. The van der Waals surface area contributed by atoms with E-state index in [1.54, 1.807) is 17.0 Å². The second-order valence-corrected chi connectivity index (χ2v) is 7.64. The van der Waals surface area contributed by atoms with Crippen LogP contribution in [0.3, 0.4) is 0 Å². The summed E-state index contributed by atoms with van der Waals surface area (Å²) >= 11 is 0. The molecule has 142 valence electrons. The topological polar surface area (TPSA) is 66.8 Å². The maximum atomic E-state index is 13.5. The number of carboxylic acids is 1. The van der Waals surface area contributed by atoms with Crippen LogP contribution in [0.5, 0.6) is 0 Å². The van der Waals surface area contributed by atoms with Crippen LogP contribution in [0.4, 0.5) is 4.39 Å². The zero-order valence-electron chi connectivity index (χ0n) is 15.2. The average molecular weight is 363 g/mol. The fourth-order valence-corrected chi connectivity index (χ4v) is 4.61. The zero-order chi connectivity index (χ0) is 18.8. The van der Waals surface area contributed by atoms with Crippen molar-refractivity contribution in [2.45, 2.75) is 43.9 Å². The van der Waals surface area contributed by atoms with Crippen molar-refractivity contribution in [1.82, 2.24) is 4.90 Å². The molecule has 1 aromatic carbocycles. The average Bonchev–Trinajstić information content (AvgIpc) is 3.13. The summed E-state index contributed by atoms with van der Waals surface area (Å²) in [6.07, 6.45) is 4.47. The minimum atomic E-state index is -1.05. The summed E-state index contributed by atoms with van der Waals surface area (Å²) in [6.45, 7) is 0.814. The molecule has 1 saturated carbocycles. The fraction of sp³-hybridized carbons (Fsp3) is 0.600. The van der Waals surface area contributed by atoms with Crippen molar-refractivity contribution < 1.29 is 23.8 Å². The van der Waals surface area contributed by atoms with E-state index < -0.39 is 16.8 Å². The van der Waals surface area contributed by atoms with E-state index in [4.69, 9.17) is 4.74 Å². The van der Waals surface area contributed by atoms with Gasteiger partial charge in [0.1, 0.15) is 11.2 Å². The number of ether oxygens (including phenoxy) is 1. The molecule has 3 rings (SSSR count). The van der Waals surface area contributed by atoms with Crippen molar-refractivity contribution >= 4 is 11.9 Å². The van der Waals surface area contributed by atoms with Crippen LogP contribution in [0.2, 0.25) is 0 Å². The lowest BCUT2D eigenvalue weighted by Crippen LogP contribution is -2.56. The Morgan fingerprint density at radius 2 is 1.81 bits per heavy atom. The molecule has 2 fully saturated rings. The smallest absolute Gasteiger partial charge is 0.313 e. The first-order chi connectivity index (χ1) is 12.4. The monoisotopic (exact) mass is 363 g/mol. The molecule has 1 N–H and O–H groups in total. The molecule has 1 amide bonds. The number of carbonyl (C=O) groups excluding carboxylic acids is 1. The van der Waals surface area contributed by atoms with Crippen molar-refractivity contribution in [1.29, 1.82) is 0 Å². The van der Waals surface area contributed by atoms with Gasteiger partial charge in [-0.1, -0.05) is 25.0 Å². The Morgan fingerprint density at radius 3 is 2.38 bits per heavy atom. The van der Waals surface area contributed by atoms with Crippen LogP contribution >= 0.6 is 0 Å². The predicted molar refractivity (Wildman–Crippen MR) is 94.3 cm³/mol. The third-order valence-corrected chi connectivity index (χ3v) is 6.00. The second kappa shape index (κ2) is 7.35. The van der Waals surface area contributed by atoms with Gasteiger partial charge in [-0.2, -0.15) is 0 Å². The Balaban J connectivity index is 1.90. The summed E-state index contributed by atoms with van der Waals surface area (Å²) in [5.74, 6) is -1.26. The number of rotatable bonds is 5. The summed E-state index contributed by atoms with van der Waals surface area (Å²) in [6, 6.07) is 6.18. The number of aliphatic carboxylic acids is 1. The molecular formula is C20H26FNO4. The summed E-state index contributed by atoms with van der Waals surface area (Å²) in [7, 11) is 1.49. The normalized spacial score (nSPS) is 25.2. The van der Waals surface area contributed by atoms with E-state index in [0.717, 1.165) is 31.2 Å². The molecule has 2 aliphatic rings. The van der Waals surface area contributed by atoms with Crippen LogP contribution in [-0.2, 0) is 19.7 Å². The van der Waals surface area contributed by atoms with E-state index in [9.17, 15) is 19.1 Å². The second-order valence-electron chi connectivity index (χ2n) is 7.64. The zero-order valence-corrected chi connectivity index (χ0v) is 15.2. The van der Waals surface area contributed by atoms with Crippen LogP contribution < -0.4 is 0 Å². The molecule has 1 heterocycles. The number of piperidine rings is 1. The Bertz CT molecular complexity index is 665. The van der Waals surface area contributed by atoms with Crippen molar-refractivity contribution in [3.05, 3.63) is 35.6 Å². The van der Waals surface area contributed by atoms with Crippen LogP contribution in [0.1, 0.15) is 44.1 Å². The van der Waals surface area contributed by atoms with Crippen molar-refractivity contribution in [2.75, 3.05) is 26.8 Å². The number of benzene rings is 1. The number of hydrogen-bond acceptors (Lipinski definition) is 3. The van der Waals surface area contributed by atoms with Gasteiger partial charge in [0, 0.05) is 20.2 Å². The first-order valence-corrected chi connectivity index (χ1v) is 9.21. The minimum Gasteiger partial charge on any atom is -0.481 e. The van der Waals surface area contributed by atoms with Gasteiger partial charge in [-0.3, -0.25) is 9.59 Å². The quantitative estimate of drug-likeness (QED) is 0.873. The van der Waals surface area contributed by atoms with Gasteiger partial charge in [0.05, 0.1) is 12.0 Å². The van der Waals surface area contributed by atoms with Crippen LogP contribution in [0.15, 0.2) is 24.3 Å². The largest absolute Gasteiger partial charge is 0.481 e. The molecule has 1 unspecified atom stereocenters. The lowest BCUT2D eigenvalue weighted by Gasteiger charge is -2.43. The molecular weight excluding hydrogens is 337 g/mol. The number of hydrogen-bond donors (Lipinski definition) is 1. The van der Waals surface area contributed by atoms with Crippen LogP contribution in [0, 0.1) is 11.2 Å². The van der Waals surface area contributed by atoms with E-state index >= 15 is 0 Å². The maximum Gasteiger partial charge on any atom is 0.313 e. The summed E-state index contributed by atoms with van der Waals surface area (Å²) in [5, 5.41) is 9.74. The minimum absolute atomic E-state index is 0.0250. The molecule has 1 saturated heterocycles. The van der Waals surface area contributed by atoms with Gasteiger partial charge < -0.3 is 14.7 Å². The highest BCUT2D eigenvalue weighted by Crippen LogP contribution is 2.44. The molecule has 0 bridgehead atoms.